The number of benzene rings is 1. The van der Waals surface area contributed by atoms with E-state index in [1.807, 2.05) is 6.07 Å². The lowest BCUT2D eigenvalue weighted by atomic mass is 9.97. The van der Waals surface area contributed by atoms with Crippen LogP contribution in [0.25, 0.3) is 0 Å². The van der Waals surface area contributed by atoms with Gasteiger partial charge in [0, 0.05) is 29.1 Å². The van der Waals surface area contributed by atoms with Crippen LogP contribution < -0.4 is 5.73 Å². The molecule has 3 rings (SSSR count). The van der Waals surface area contributed by atoms with Crippen molar-refractivity contribution < 1.29 is 9.59 Å². The Labute approximate surface area is 139 Å². The third kappa shape index (κ3) is 3.08. The molecule has 0 spiro atoms. The minimum atomic E-state index is -0.314. The number of piperidine rings is 1. The number of likely N-dealkylation sites (tertiary alicyclic amines) is 1. The molecule has 0 aromatic heterocycles. The lowest BCUT2D eigenvalue weighted by Crippen LogP contribution is -2.44. The Morgan fingerprint density at radius 2 is 2.05 bits per heavy atom. The fourth-order valence-corrected chi connectivity index (χ4v) is 3.81. The van der Waals surface area contributed by atoms with Crippen LogP contribution in [-0.4, -0.2) is 29.8 Å². The normalized spacial score (nSPS) is 27.5. The van der Waals surface area contributed by atoms with Gasteiger partial charge in [0.25, 0.3) is 0 Å². The van der Waals surface area contributed by atoms with Crippen molar-refractivity contribution in [2.24, 2.45) is 17.6 Å². The van der Waals surface area contributed by atoms with Crippen molar-refractivity contribution in [1.82, 2.24) is 4.90 Å². The van der Waals surface area contributed by atoms with E-state index in [9.17, 15) is 9.59 Å². The molecule has 1 saturated heterocycles. The summed E-state index contributed by atoms with van der Waals surface area (Å²) >= 11 is 12.1. The van der Waals surface area contributed by atoms with Crippen LogP contribution >= 0.6 is 23.2 Å². The summed E-state index contributed by atoms with van der Waals surface area (Å²) in [5, 5.41) is 1.21. The van der Waals surface area contributed by atoms with Gasteiger partial charge in [-0.3, -0.25) is 9.59 Å². The van der Waals surface area contributed by atoms with Gasteiger partial charge in [0.1, 0.15) is 0 Å². The lowest BCUT2D eigenvalue weighted by Gasteiger charge is -2.31. The topological polar surface area (TPSA) is 63.4 Å². The van der Waals surface area contributed by atoms with Crippen molar-refractivity contribution in [3.05, 3.63) is 33.8 Å². The molecule has 22 heavy (non-hydrogen) atoms. The SMILES string of the molecule is NC(=O)[C@@H]1CCCN(C(=O)[C@@H]2C[C@@H]2c2ccc(Cl)cc2Cl)C1. The zero-order valence-corrected chi connectivity index (χ0v) is 13.6. The highest BCUT2D eigenvalue weighted by Crippen LogP contribution is 2.51. The first-order valence-corrected chi connectivity index (χ1v) is 8.26. The molecule has 6 heteroatoms. The van der Waals surface area contributed by atoms with Crippen LogP contribution in [0.2, 0.25) is 10.0 Å². The van der Waals surface area contributed by atoms with Gasteiger partial charge in [-0.1, -0.05) is 29.3 Å². The Hall–Kier alpha value is -1.26. The first kappa shape index (κ1) is 15.6. The number of carbonyl (C=O) groups is 2. The van der Waals surface area contributed by atoms with Crippen molar-refractivity contribution in [3.63, 3.8) is 0 Å². The predicted octanol–water partition coefficient (Wildman–Crippen LogP) is 2.82. The Morgan fingerprint density at radius 1 is 1.27 bits per heavy atom. The van der Waals surface area contributed by atoms with Crippen LogP contribution in [0.1, 0.15) is 30.7 Å². The average molecular weight is 341 g/mol. The summed E-state index contributed by atoms with van der Waals surface area (Å²) in [5.74, 6) is -0.293. The van der Waals surface area contributed by atoms with E-state index in [0.29, 0.717) is 23.1 Å². The van der Waals surface area contributed by atoms with Gasteiger partial charge in [0.2, 0.25) is 11.8 Å². The molecular weight excluding hydrogens is 323 g/mol. The first-order chi connectivity index (χ1) is 10.5. The molecule has 2 aliphatic rings. The fraction of sp³-hybridized carbons (Fsp3) is 0.500. The maximum Gasteiger partial charge on any atom is 0.226 e. The fourth-order valence-electron chi connectivity index (χ4n) is 3.26. The number of nitrogens with zero attached hydrogens (tertiary/aromatic N) is 1. The van der Waals surface area contributed by atoms with Crippen molar-refractivity contribution in [2.45, 2.75) is 25.2 Å². The predicted molar refractivity (Wildman–Crippen MR) is 85.8 cm³/mol. The van der Waals surface area contributed by atoms with Gasteiger partial charge in [0.05, 0.1) is 5.92 Å². The van der Waals surface area contributed by atoms with Gasteiger partial charge < -0.3 is 10.6 Å². The summed E-state index contributed by atoms with van der Waals surface area (Å²) in [6, 6.07) is 5.40. The molecule has 2 N–H and O–H groups in total. The Morgan fingerprint density at radius 3 is 2.73 bits per heavy atom. The second-order valence-electron chi connectivity index (χ2n) is 6.14. The van der Waals surface area contributed by atoms with E-state index in [1.54, 1.807) is 17.0 Å². The first-order valence-electron chi connectivity index (χ1n) is 7.50. The quantitative estimate of drug-likeness (QED) is 0.919. The van der Waals surface area contributed by atoms with E-state index >= 15 is 0 Å². The molecule has 2 amide bonds. The molecule has 3 atom stereocenters. The van der Waals surface area contributed by atoms with E-state index in [0.717, 1.165) is 24.8 Å². The molecule has 1 aromatic carbocycles. The minimum Gasteiger partial charge on any atom is -0.369 e. The van der Waals surface area contributed by atoms with Crippen LogP contribution in [0.5, 0.6) is 0 Å². The number of hydrogen-bond donors (Lipinski definition) is 1. The molecule has 4 nitrogen and oxygen atoms in total. The van der Waals surface area contributed by atoms with Crippen molar-refractivity contribution >= 4 is 35.0 Å². The number of halogens is 2. The van der Waals surface area contributed by atoms with Gasteiger partial charge in [0.15, 0.2) is 0 Å². The molecular formula is C16H18Cl2N2O2. The molecule has 1 aromatic rings. The molecule has 1 aliphatic heterocycles. The summed E-state index contributed by atoms with van der Waals surface area (Å²) in [5.41, 5.74) is 6.35. The number of nitrogens with two attached hydrogens (primary N) is 1. The summed E-state index contributed by atoms with van der Waals surface area (Å²) in [6.07, 6.45) is 2.41. The molecule has 0 radical (unpaired) electrons. The average Bonchev–Trinajstić information content (AvgIpc) is 3.27. The summed E-state index contributed by atoms with van der Waals surface area (Å²) in [7, 11) is 0. The molecule has 118 valence electrons. The van der Waals surface area contributed by atoms with Crippen LogP contribution in [0.4, 0.5) is 0 Å². The van der Waals surface area contributed by atoms with Gasteiger partial charge in [-0.05, 0) is 42.9 Å². The van der Waals surface area contributed by atoms with E-state index in [-0.39, 0.29) is 29.6 Å². The van der Waals surface area contributed by atoms with Gasteiger partial charge in [-0.15, -0.1) is 0 Å². The van der Waals surface area contributed by atoms with E-state index < -0.39 is 0 Å². The second-order valence-corrected chi connectivity index (χ2v) is 6.98. The van der Waals surface area contributed by atoms with Crippen molar-refractivity contribution in [1.29, 1.82) is 0 Å². The largest absolute Gasteiger partial charge is 0.369 e. The smallest absolute Gasteiger partial charge is 0.226 e. The number of carbonyl (C=O) groups excluding carboxylic acids is 2. The molecule has 1 heterocycles. The van der Waals surface area contributed by atoms with Crippen LogP contribution in [-0.2, 0) is 9.59 Å². The lowest BCUT2D eigenvalue weighted by molar-refractivity contribution is -0.136. The molecule has 1 aliphatic carbocycles. The van der Waals surface area contributed by atoms with Crippen molar-refractivity contribution in [2.75, 3.05) is 13.1 Å². The van der Waals surface area contributed by atoms with E-state index in [2.05, 4.69) is 0 Å². The second kappa shape index (κ2) is 6.09. The molecule has 0 bridgehead atoms. The maximum absolute atomic E-state index is 12.6. The molecule has 0 unspecified atom stereocenters. The minimum absolute atomic E-state index is 0.0368. The van der Waals surface area contributed by atoms with Gasteiger partial charge in [-0.2, -0.15) is 0 Å². The number of rotatable bonds is 3. The zero-order valence-electron chi connectivity index (χ0n) is 12.1. The summed E-state index contributed by atoms with van der Waals surface area (Å²) in [4.78, 5) is 25.7. The zero-order chi connectivity index (χ0) is 15.9. The Balaban J connectivity index is 1.66. The highest BCUT2D eigenvalue weighted by Gasteiger charge is 2.47. The monoisotopic (exact) mass is 340 g/mol. The summed E-state index contributed by atoms with van der Waals surface area (Å²) in [6.45, 7) is 1.16. The molecule has 2 fully saturated rings. The molecule has 1 saturated carbocycles. The van der Waals surface area contributed by atoms with E-state index in [4.69, 9.17) is 28.9 Å². The van der Waals surface area contributed by atoms with Gasteiger partial charge in [-0.25, -0.2) is 0 Å². The van der Waals surface area contributed by atoms with Gasteiger partial charge >= 0.3 is 0 Å². The van der Waals surface area contributed by atoms with E-state index in [1.165, 1.54) is 0 Å². The number of hydrogen-bond acceptors (Lipinski definition) is 2. The summed E-state index contributed by atoms with van der Waals surface area (Å²) < 4.78 is 0. The highest BCUT2D eigenvalue weighted by atomic mass is 35.5. The third-order valence-corrected chi connectivity index (χ3v) is 5.17. The van der Waals surface area contributed by atoms with Crippen LogP contribution in [0.15, 0.2) is 18.2 Å². The third-order valence-electron chi connectivity index (χ3n) is 4.61. The number of amides is 2. The Bertz CT molecular complexity index is 620. The highest BCUT2D eigenvalue weighted by molar-refractivity contribution is 6.35. The Kier molecular flexibility index (Phi) is 4.33. The van der Waals surface area contributed by atoms with Crippen molar-refractivity contribution in [3.8, 4) is 0 Å². The van der Waals surface area contributed by atoms with Crippen LogP contribution in [0, 0.1) is 11.8 Å². The standard InChI is InChI=1S/C16H18Cl2N2O2/c17-10-3-4-11(14(18)6-10)12-7-13(12)16(22)20-5-1-2-9(8-20)15(19)21/h3-4,6,9,12-13H,1-2,5,7-8H2,(H2,19,21)/t9-,12-,13-/m1/s1. The van der Waals surface area contributed by atoms with Crippen LogP contribution in [0.3, 0.4) is 0 Å². The maximum atomic E-state index is 12.6. The number of primary amides is 1.